The molecule has 0 heterocycles. The van der Waals surface area contributed by atoms with E-state index >= 15 is 0 Å². The van der Waals surface area contributed by atoms with E-state index < -0.39 is 5.97 Å². The standard InChI is InChI=1S/C8H7N3O3/c1-14-8(13)5-2-3-6(10-11-9)7(12)4-5/h2-4,12H,1H3. The lowest BCUT2D eigenvalue weighted by molar-refractivity contribution is 0.0600. The van der Waals surface area contributed by atoms with Crippen molar-refractivity contribution < 1.29 is 14.6 Å². The minimum Gasteiger partial charge on any atom is -0.507 e. The molecule has 0 saturated heterocycles. The van der Waals surface area contributed by atoms with Crippen molar-refractivity contribution in [3.8, 4) is 5.75 Å². The predicted molar refractivity (Wildman–Crippen MR) is 48.3 cm³/mol. The number of rotatable bonds is 2. The molecule has 0 aliphatic carbocycles. The molecule has 0 aliphatic heterocycles. The number of phenolic OH excluding ortho intramolecular Hbond substituents is 1. The van der Waals surface area contributed by atoms with E-state index in [0.29, 0.717) is 0 Å². The molecule has 0 saturated carbocycles. The molecular formula is C8H7N3O3. The summed E-state index contributed by atoms with van der Waals surface area (Å²) in [4.78, 5) is 13.5. The van der Waals surface area contributed by atoms with Crippen molar-refractivity contribution >= 4 is 11.7 Å². The normalized spacial score (nSPS) is 8.93. The summed E-state index contributed by atoms with van der Waals surface area (Å²) < 4.78 is 4.44. The van der Waals surface area contributed by atoms with Crippen LogP contribution < -0.4 is 0 Å². The molecule has 0 bridgehead atoms. The van der Waals surface area contributed by atoms with E-state index in [1.54, 1.807) is 0 Å². The molecule has 14 heavy (non-hydrogen) atoms. The van der Waals surface area contributed by atoms with E-state index in [1.807, 2.05) is 0 Å². The quantitative estimate of drug-likeness (QED) is 0.337. The Kier molecular flexibility index (Phi) is 2.93. The number of carbonyl (C=O) groups is 1. The van der Waals surface area contributed by atoms with Crippen LogP contribution in [0.4, 0.5) is 5.69 Å². The fourth-order valence-corrected chi connectivity index (χ4v) is 0.901. The highest BCUT2D eigenvalue weighted by atomic mass is 16.5. The van der Waals surface area contributed by atoms with E-state index in [2.05, 4.69) is 14.8 Å². The fraction of sp³-hybridized carbons (Fsp3) is 0.125. The number of benzene rings is 1. The van der Waals surface area contributed by atoms with E-state index in [-0.39, 0.29) is 17.0 Å². The van der Waals surface area contributed by atoms with Gasteiger partial charge in [-0.1, -0.05) is 5.11 Å². The van der Waals surface area contributed by atoms with E-state index in [4.69, 9.17) is 5.53 Å². The maximum absolute atomic E-state index is 11.0. The Balaban J connectivity index is 3.12. The highest BCUT2D eigenvalue weighted by Crippen LogP contribution is 2.27. The third-order valence-corrected chi connectivity index (χ3v) is 1.55. The van der Waals surface area contributed by atoms with Crippen molar-refractivity contribution in [3.05, 3.63) is 34.2 Å². The van der Waals surface area contributed by atoms with Gasteiger partial charge in [0.2, 0.25) is 0 Å². The van der Waals surface area contributed by atoms with Crippen LogP contribution in [0, 0.1) is 0 Å². The summed E-state index contributed by atoms with van der Waals surface area (Å²) in [5, 5.41) is 12.5. The van der Waals surface area contributed by atoms with Gasteiger partial charge in [0.25, 0.3) is 0 Å². The summed E-state index contributed by atoms with van der Waals surface area (Å²) in [6, 6.07) is 3.91. The van der Waals surface area contributed by atoms with E-state index in [1.165, 1.54) is 25.3 Å². The molecule has 0 unspecified atom stereocenters. The van der Waals surface area contributed by atoms with Gasteiger partial charge in [-0.3, -0.25) is 0 Å². The number of ether oxygens (including phenoxy) is 1. The highest BCUT2D eigenvalue weighted by Gasteiger charge is 2.07. The SMILES string of the molecule is COC(=O)c1ccc(N=[N+]=[N-])c(O)c1. The lowest BCUT2D eigenvalue weighted by Crippen LogP contribution is -2.00. The molecule has 0 spiro atoms. The molecule has 1 rings (SSSR count). The van der Waals surface area contributed by atoms with Crippen molar-refractivity contribution in [1.29, 1.82) is 0 Å². The Bertz CT molecular complexity index is 410. The van der Waals surface area contributed by atoms with Crippen LogP contribution in [-0.4, -0.2) is 18.2 Å². The van der Waals surface area contributed by atoms with Crippen molar-refractivity contribution in [2.45, 2.75) is 0 Å². The zero-order chi connectivity index (χ0) is 10.6. The van der Waals surface area contributed by atoms with Crippen LogP contribution in [0.15, 0.2) is 23.3 Å². The Morgan fingerprint density at radius 3 is 2.86 bits per heavy atom. The number of esters is 1. The number of hydrogen-bond donors (Lipinski definition) is 1. The maximum Gasteiger partial charge on any atom is 0.337 e. The summed E-state index contributed by atoms with van der Waals surface area (Å²) in [7, 11) is 1.24. The smallest absolute Gasteiger partial charge is 0.337 e. The van der Waals surface area contributed by atoms with Gasteiger partial charge in [0.1, 0.15) is 5.75 Å². The first kappa shape index (κ1) is 9.88. The summed E-state index contributed by atoms with van der Waals surface area (Å²) >= 11 is 0. The first-order valence-corrected chi connectivity index (χ1v) is 3.65. The molecule has 0 fully saturated rings. The van der Waals surface area contributed by atoms with Gasteiger partial charge >= 0.3 is 5.97 Å². The van der Waals surface area contributed by atoms with Crippen molar-refractivity contribution in [2.75, 3.05) is 7.11 Å². The van der Waals surface area contributed by atoms with Crippen LogP contribution in [0.25, 0.3) is 10.4 Å². The number of azide groups is 1. The third kappa shape index (κ3) is 1.94. The second kappa shape index (κ2) is 4.15. The van der Waals surface area contributed by atoms with Gasteiger partial charge in [0, 0.05) is 4.91 Å². The van der Waals surface area contributed by atoms with Gasteiger partial charge in [-0.25, -0.2) is 4.79 Å². The van der Waals surface area contributed by atoms with Crippen LogP contribution in [0.5, 0.6) is 5.75 Å². The van der Waals surface area contributed by atoms with Gasteiger partial charge in [-0.2, -0.15) is 0 Å². The number of methoxy groups -OCH3 is 1. The topological polar surface area (TPSA) is 95.3 Å². The van der Waals surface area contributed by atoms with Crippen LogP contribution in [0.3, 0.4) is 0 Å². The Morgan fingerprint density at radius 2 is 2.36 bits per heavy atom. The zero-order valence-electron chi connectivity index (χ0n) is 7.34. The molecular weight excluding hydrogens is 186 g/mol. The van der Waals surface area contributed by atoms with Gasteiger partial charge in [0.15, 0.2) is 0 Å². The van der Waals surface area contributed by atoms with E-state index in [0.717, 1.165) is 0 Å². The predicted octanol–water partition coefficient (Wildman–Crippen LogP) is 2.12. The molecule has 1 aromatic rings. The van der Waals surface area contributed by atoms with Crippen molar-refractivity contribution in [1.82, 2.24) is 0 Å². The van der Waals surface area contributed by atoms with Crippen LogP contribution >= 0.6 is 0 Å². The fourth-order valence-electron chi connectivity index (χ4n) is 0.901. The van der Waals surface area contributed by atoms with Gasteiger partial charge < -0.3 is 9.84 Å². The minimum absolute atomic E-state index is 0.0696. The van der Waals surface area contributed by atoms with Crippen LogP contribution in [-0.2, 0) is 4.74 Å². The van der Waals surface area contributed by atoms with Gasteiger partial charge in [0.05, 0.1) is 18.4 Å². The summed E-state index contributed by atoms with van der Waals surface area (Å²) in [6.45, 7) is 0. The lowest BCUT2D eigenvalue weighted by atomic mass is 10.2. The Hall–Kier alpha value is -2.20. The molecule has 6 nitrogen and oxygen atoms in total. The van der Waals surface area contributed by atoms with Crippen LogP contribution in [0.2, 0.25) is 0 Å². The summed E-state index contributed by atoms with van der Waals surface area (Å²) in [5.41, 5.74) is 8.39. The maximum atomic E-state index is 11.0. The molecule has 1 aromatic carbocycles. The Morgan fingerprint density at radius 1 is 1.64 bits per heavy atom. The monoisotopic (exact) mass is 193 g/mol. The molecule has 0 aromatic heterocycles. The largest absolute Gasteiger partial charge is 0.507 e. The number of hydrogen-bond acceptors (Lipinski definition) is 4. The highest BCUT2D eigenvalue weighted by molar-refractivity contribution is 5.90. The lowest BCUT2D eigenvalue weighted by Gasteiger charge is -2.01. The molecule has 0 radical (unpaired) electrons. The number of phenols is 1. The Labute approximate surface area is 79.4 Å². The van der Waals surface area contributed by atoms with Crippen LogP contribution in [0.1, 0.15) is 10.4 Å². The first-order chi connectivity index (χ1) is 6.69. The second-order valence-electron chi connectivity index (χ2n) is 2.38. The van der Waals surface area contributed by atoms with E-state index in [9.17, 15) is 9.90 Å². The number of aromatic hydroxyl groups is 1. The summed E-state index contributed by atoms with van der Waals surface area (Å²) in [6.07, 6.45) is 0. The first-order valence-electron chi connectivity index (χ1n) is 3.65. The molecule has 6 heteroatoms. The number of nitrogens with zero attached hydrogens (tertiary/aromatic N) is 3. The molecule has 0 amide bonds. The minimum atomic E-state index is -0.562. The average Bonchev–Trinajstić information content (AvgIpc) is 2.20. The molecule has 1 N–H and O–H groups in total. The molecule has 72 valence electrons. The molecule has 0 atom stereocenters. The summed E-state index contributed by atoms with van der Waals surface area (Å²) in [5.74, 6) is -0.821. The van der Waals surface area contributed by atoms with Gasteiger partial charge in [-0.05, 0) is 23.7 Å². The number of carbonyl (C=O) groups excluding carboxylic acids is 1. The second-order valence-corrected chi connectivity index (χ2v) is 2.38. The van der Waals surface area contributed by atoms with Crippen molar-refractivity contribution in [2.24, 2.45) is 5.11 Å². The van der Waals surface area contributed by atoms with Gasteiger partial charge in [-0.15, -0.1) is 0 Å². The average molecular weight is 193 g/mol. The zero-order valence-corrected chi connectivity index (χ0v) is 7.34. The third-order valence-electron chi connectivity index (χ3n) is 1.55. The molecule has 0 aliphatic rings. The van der Waals surface area contributed by atoms with Crippen molar-refractivity contribution in [3.63, 3.8) is 0 Å².